The van der Waals surface area contributed by atoms with E-state index in [9.17, 15) is 4.79 Å². The molecule has 0 saturated carbocycles. The molecule has 6 heteroatoms. The zero-order valence-electron chi connectivity index (χ0n) is 12.4. The molecule has 4 nitrogen and oxygen atoms in total. The number of cyclic esters (lactones) is 1. The van der Waals surface area contributed by atoms with E-state index in [1.54, 1.807) is 17.7 Å². The van der Waals surface area contributed by atoms with Gasteiger partial charge < -0.3 is 4.74 Å². The third-order valence-corrected chi connectivity index (χ3v) is 6.04. The molecule has 1 aliphatic rings. The maximum atomic E-state index is 11.9. The summed E-state index contributed by atoms with van der Waals surface area (Å²) in [5.41, 5.74) is 1.17. The van der Waals surface area contributed by atoms with Crippen molar-refractivity contribution < 1.29 is 9.53 Å². The van der Waals surface area contributed by atoms with Crippen molar-refractivity contribution in [2.45, 2.75) is 29.7 Å². The number of hydrogen-bond donors (Lipinski definition) is 0. The van der Waals surface area contributed by atoms with Gasteiger partial charge in [0.2, 0.25) is 0 Å². The van der Waals surface area contributed by atoms with Crippen LogP contribution < -0.4 is 0 Å². The van der Waals surface area contributed by atoms with Crippen LogP contribution in [0.4, 0.5) is 0 Å². The molecule has 0 spiro atoms. The SMILES string of the molecule is C[C@H]1C[C@@H](Sc2ncnc3sc(-c4ccccc4)cc23)C(=O)O1. The predicted octanol–water partition coefficient (Wildman–Crippen LogP) is 4.15. The van der Waals surface area contributed by atoms with Gasteiger partial charge in [-0.1, -0.05) is 42.1 Å². The molecule has 3 aromatic rings. The predicted molar refractivity (Wildman–Crippen MR) is 92.7 cm³/mol. The highest BCUT2D eigenvalue weighted by Crippen LogP contribution is 2.39. The summed E-state index contributed by atoms with van der Waals surface area (Å²) in [6.45, 7) is 1.92. The molecule has 1 saturated heterocycles. The van der Waals surface area contributed by atoms with Crippen LogP contribution in [0.25, 0.3) is 20.7 Å². The molecule has 0 aliphatic carbocycles. The molecule has 1 fully saturated rings. The van der Waals surface area contributed by atoms with Crippen molar-refractivity contribution in [3.63, 3.8) is 0 Å². The van der Waals surface area contributed by atoms with E-state index in [-0.39, 0.29) is 17.3 Å². The number of thioether (sulfide) groups is 1. The van der Waals surface area contributed by atoms with Crippen LogP contribution in [0.15, 0.2) is 47.8 Å². The van der Waals surface area contributed by atoms with Crippen molar-refractivity contribution in [2.24, 2.45) is 0 Å². The summed E-state index contributed by atoms with van der Waals surface area (Å²) in [5.74, 6) is -0.146. The largest absolute Gasteiger partial charge is 0.462 e. The number of esters is 1. The highest BCUT2D eigenvalue weighted by atomic mass is 32.2. The average molecular weight is 342 g/mol. The van der Waals surface area contributed by atoms with E-state index >= 15 is 0 Å². The Morgan fingerprint density at radius 3 is 2.83 bits per heavy atom. The second-order valence-corrected chi connectivity index (χ2v) is 7.69. The van der Waals surface area contributed by atoms with Gasteiger partial charge in [0.25, 0.3) is 0 Å². The number of thiophene rings is 1. The minimum absolute atomic E-state index is 0.0142. The number of fused-ring (bicyclic) bond motifs is 1. The van der Waals surface area contributed by atoms with Gasteiger partial charge in [-0.3, -0.25) is 4.79 Å². The smallest absolute Gasteiger partial charge is 0.319 e. The van der Waals surface area contributed by atoms with Crippen LogP contribution in [0.2, 0.25) is 0 Å². The number of carbonyl (C=O) groups is 1. The number of aromatic nitrogens is 2. The molecular weight excluding hydrogens is 328 g/mol. The molecule has 0 bridgehead atoms. The monoisotopic (exact) mass is 342 g/mol. The Labute approximate surface area is 141 Å². The minimum atomic E-state index is -0.178. The van der Waals surface area contributed by atoms with Gasteiger partial charge in [-0.05, 0) is 18.6 Å². The molecular formula is C17H14N2O2S2. The van der Waals surface area contributed by atoms with E-state index < -0.39 is 0 Å². The van der Waals surface area contributed by atoms with Gasteiger partial charge in [0, 0.05) is 16.7 Å². The zero-order chi connectivity index (χ0) is 15.8. The molecule has 2 aromatic heterocycles. The van der Waals surface area contributed by atoms with Gasteiger partial charge in [-0.25, -0.2) is 9.97 Å². The van der Waals surface area contributed by atoms with E-state index in [1.165, 1.54) is 17.3 Å². The quantitative estimate of drug-likeness (QED) is 0.528. The number of nitrogens with zero attached hydrogens (tertiary/aromatic N) is 2. The van der Waals surface area contributed by atoms with Crippen molar-refractivity contribution in [3.8, 4) is 10.4 Å². The van der Waals surface area contributed by atoms with Gasteiger partial charge >= 0.3 is 5.97 Å². The molecule has 116 valence electrons. The molecule has 0 unspecified atom stereocenters. The van der Waals surface area contributed by atoms with Crippen LogP contribution in [-0.2, 0) is 9.53 Å². The highest BCUT2D eigenvalue weighted by Gasteiger charge is 2.33. The summed E-state index contributed by atoms with van der Waals surface area (Å²) in [5, 5.41) is 1.68. The number of ether oxygens (including phenoxy) is 1. The number of carbonyl (C=O) groups excluding carboxylic acids is 1. The number of rotatable bonds is 3. The molecule has 0 amide bonds. The van der Waals surface area contributed by atoms with Crippen LogP contribution in [0.3, 0.4) is 0 Å². The van der Waals surface area contributed by atoms with Crippen molar-refractivity contribution in [3.05, 3.63) is 42.7 Å². The van der Waals surface area contributed by atoms with E-state index in [0.29, 0.717) is 0 Å². The lowest BCUT2D eigenvalue weighted by atomic mass is 10.2. The molecule has 0 radical (unpaired) electrons. The van der Waals surface area contributed by atoms with Crippen LogP contribution in [0.5, 0.6) is 0 Å². The second-order valence-electron chi connectivity index (χ2n) is 5.46. The number of hydrogen-bond acceptors (Lipinski definition) is 6. The van der Waals surface area contributed by atoms with Gasteiger partial charge in [0.1, 0.15) is 27.5 Å². The Balaban J connectivity index is 1.71. The summed E-state index contributed by atoms with van der Waals surface area (Å²) < 4.78 is 5.23. The number of benzene rings is 1. The zero-order valence-corrected chi connectivity index (χ0v) is 14.1. The fourth-order valence-electron chi connectivity index (χ4n) is 2.62. The molecule has 1 aromatic carbocycles. The van der Waals surface area contributed by atoms with Crippen LogP contribution in [0, 0.1) is 0 Å². The fourth-order valence-corrected chi connectivity index (χ4v) is 4.87. The Bertz CT molecular complexity index is 863. The standard InChI is InChI=1S/C17H14N2O2S2/c1-10-7-14(17(20)21-10)23-16-12-8-13(11-5-3-2-4-6-11)22-15(12)18-9-19-16/h2-6,8-10,14H,7H2,1H3/t10-,14+/m0/s1. The summed E-state index contributed by atoms with van der Waals surface area (Å²) in [4.78, 5) is 22.7. The van der Waals surface area contributed by atoms with Crippen molar-refractivity contribution in [1.82, 2.24) is 9.97 Å². The van der Waals surface area contributed by atoms with E-state index in [0.717, 1.165) is 26.5 Å². The van der Waals surface area contributed by atoms with E-state index in [4.69, 9.17) is 4.74 Å². The van der Waals surface area contributed by atoms with E-state index in [1.807, 2.05) is 25.1 Å². The maximum absolute atomic E-state index is 11.9. The lowest BCUT2D eigenvalue weighted by Gasteiger charge is -2.04. The average Bonchev–Trinajstić information content (AvgIpc) is 3.12. The molecule has 4 rings (SSSR count). The van der Waals surface area contributed by atoms with Crippen molar-refractivity contribution >= 4 is 39.3 Å². The minimum Gasteiger partial charge on any atom is -0.462 e. The normalized spacial score (nSPS) is 20.8. The summed E-state index contributed by atoms with van der Waals surface area (Å²) in [6.07, 6.45) is 2.28. The lowest BCUT2D eigenvalue weighted by Crippen LogP contribution is -2.09. The van der Waals surface area contributed by atoms with Gasteiger partial charge in [0.15, 0.2) is 0 Å². The first-order valence-electron chi connectivity index (χ1n) is 7.38. The highest BCUT2D eigenvalue weighted by molar-refractivity contribution is 8.00. The van der Waals surface area contributed by atoms with Crippen LogP contribution in [-0.4, -0.2) is 27.3 Å². The van der Waals surface area contributed by atoms with Crippen LogP contribution in [0.1, 0.15) is 13.3 Å². The third-order valence-electron chi connectivity index (χ3n) is 3.73. The van der Waals surface area contributed by atoms with Gasteiger partial charge in [0.05, 0.1) is 0 Å². The first-order chi connectivity index (χ1) is 11.2. The van der Waals surface area contributed by atoms with Crippen molar-refractivity contribution in [1.29, 1.82) is 0 Å². The Morgan fingerprint density at radius 1 is 1.26 bits per heavy atom. The van der Waals surface area contributed by atoms with E-state index in [2.05, 4.69) is 28.2 Å². The fraction of sp³-hybridized carbons (Fsp3) is 0.235. The maximum Gasteiger partial charge on any atom is 0.319 e. The Morgan fingerprint density at radius 2 is 2.09 bits per heavy atom. The van der Waals surface area contributed by atoms with Gasteiger partial charge in [-0.15, -0.1) is 11.3 Å². The summed E-state index contributed by atoms with van der Waals surface area (Å²) in [7, 11) is 0. The molecule has 0 N–H and O–H groups in total. The Kier molecular flexibility index (Phi) is 3.79. The second kappa shape index (κ2) is 5.94. The summed E-state index contributed by atoms with van der Waals surface area (Å²) in [6, 6.07) is 12.3. The first kappa shape index (κ1) is 14.7. The van der Waals surface area contributed by atoms with Crippen molar-refractivity contribution in [2.75, 3.05) is 0 Å². The lowest BCUT2D eigenvalue weighted by molar-refractivity contribution is -0.140. The topological polar surface area (TPSA) is 52.1 Å². The molecule has 2 atom stereocenters. The molecule has 23 heavy (non-hydrogen) atoms. The first-order valence-corrected chi connectivity index (χ1v) is 9.07. The molecule has 1 aliphatic heterocycles. The Hall–Kier alpha value is -1.92. The van der Waals surface area contributed by atoms with Gasteiger partial charge in [-0.2, -0.15) is 0 Å². The van der Waals surface area contributed by atoms with Crippen LogP contribution >= 0.6 is 23.1 Å². The third kappa shape index (κ3) is 2.84. The molecule has 3 heterocycles. The summed E-state index contributed by atoms with van der Waals surface area (Å²) >= 11 is 3.13.